The van der Waals surface area contributed by atoms with E-state index in [0.29, 0.717) is 0 Å². The third-order valence-electron chi connectivity index (χ3n) is 3.05. The summed E-state index contributed by atoms with van der Waals surface area (Å²) in [5, 5.41) is 6.37. The van der Waals surface area contributed by atoms with Gasteiger partial charge in [0.25, 0.3) is 0 Å². The maximum Gasteiger partial charge on any atom is 0.161 e. The molecule has 0 saturated heterocycles. The molecule has 4 nitrogen and oxygen atoms in total. The molecule has 0 atom stereocenters. The fourth-order valence-corrected chi connectivity index (χ4v) is 2.25. The van der Waals surface area contributed by atoms with Gasteiger partial charge < -0.3 is 4.42 Å². The molecule has 0 N–H and O–H groups in total. The van der Waals surface area contributed by atoms with Gasteiger partial charge in [-0.15, -0.1) is 0 Å². The van der Waals surface area contributed by atoms with E-state index in [1.165, 1.54) is 6.33 Å². The first-order valence-corrected chi connectivity index (χ1v) is 5.69. The third-order valence-corrected chi connectivity index (χ3v) is 3.05. The standard InChI is InChI=1S/C14H9N3O/c1-2-7-13-10(4-1)11-5-3-6-12(14(11)18-13)17-9-15-8-16-17/h1-9H. The lowest BCUT2D eigenvalue weighted by Gasteiger charge is -2.00. The normalized spacial score (nSPS) is 11.3. The molecule has 2 heterocycles. The van der Waals surface area contributed by atoms with Gasteiger partial charge in [0.1, 0.15) is 23.9 Å². The van der Waals surface area contributed by atoms with Crippen LogP contribution in [0.15, 0.2) is 59.5 Å². The predicted molar refractivity (Wildman–Crippen MR) is 68.6 cm³/mol. The Morgan fingerprint density at radius 2 is 1.83 bits per heavy atom. The van der Waals surface area contributed by atoms with Crippen LogP contribution in [0.4, 0.5) is 0 Å². The molecule has 0 radical (unpaired) electrons. The van der Waals surface area contributed by atoms with Gasteiger partial charge in [-0.3, -0.25) is 0 Å². The van der Waals surface area contributed by atoms with Crippen LogP contribution in [0.1, 0.15) is 0 Å². The molecule has 0 aliphatic carbocycles. The molecule has 4 rings (SSSR count). The highest BCUT2D eigenvalue weighted by Crippen LogP contribution is 2.31. The fourth-order valence-electron chi connectivity index (χ4n) is 2.25. The van der Waals surface area contributed by atoms with Gasteiger partial charge >= 0.3 is 0 Å². The number of hydrogen-bond donors (Lipinski definition) is 0. The van der Waals surface area contributed by atoms with Crippen molar-refractivity contribution in [2.75, 3.05) is 0 Å². The van der Waals surface area contributed by atoms with Crippen LogP contribution in [0, 0.1) is 0 Å². The molecule has 0 aliphatic heterocycles. The summed E-state index contributed by atoms with van der Waals surface area (Å²) in [4.78, 5) is 3.97. The SMILES string of the molecule is c1ccc2c(c1)oc1c(-n3cncn3)cccc12. The summed E-state index contributed by atoms with van der Waals surface area (Å²) in [6.07, 6.45) is 3.18. The zero-order valence-corrected chi connectivity index (χ0v) is 9.45. The average Bonchev–Trinajstić information content (AvgIpc) is 3.05. The van der Waals surface area contributed by atoms with Crippen molar-refractivity contribution in [3.63, 3.8) is 0 Å². The molecular formula is C14H9N3O. The van der Waals surface area contributed by atoms with E-state index in [-0.39, 0.29) is 0 Å². The Kier molecular flexibility index (Phi) is 1.80. The molecule has 0 fully saturated rings. The summed E-state index contributed by atoms with van der Waals surface area (Å²) in [7, 11) is 0. The van der Waals surface area contributed by atoms with Gasteiger partial charge in [-0.1, -0.05) is 30.3 Å². The summed E-state index contributed by atoms with van der Waals surface area (Å²) in [6.45, 7) is 0. The number of aromatic nitrogens is 3. The Morgan fingerprint density at radius 3 is 2.72 bits per heavy atom. The van der Waals surface area contributed by atoms with Crippen LogP contribution in [0.2, 0.25) is 0 Å². The third kappa shape index (κ3) is 1.20. The second-order valence-corrected chi connectivity index (χ2v) is 4.09. The molecule has 2 aromatic carbocycles. The molecule has 4 aromatic rings. The lowest BCUT2D eigenvalue weighted by atomic mass is 10.1. The van der Waals surface area contributed by atoms with Crippen molar-refractivity contribution < 1.29 is 4.42 Å². The summed E-state index contributed by atoms with van der Waals surface area (Å²) in [6, 6.07) is 14.0. The van der Waals surface area contributed by atoms with Crippen LogP contribution in [0.3, 0.4) is 0 Å². The van der Waals surface area contributed by atoms with E-state index in [2.05, 4.69) is 22.2 Å². The molecule has 0 bridgehead atoms. The van der Waals surface area contributed by atoms with E-state index in [1.807, 2.05) is 30.3 Å². The van der Waals surface area contributed by atoms with Crippen molar-refractivity contribution in [1.82, 2.24) is 14.8 Å². The number of furan rings is 1. The van der Waals surface area contributed by atoms with Gasteiger partial charge in [0.2, 0.25) is 0 Å². The van der Waals surface area contributed by atoms with Gasteiger partial charge in [-0.05, 0) is 12.1 Å². The second kappa shape index (κ2) is 3.43. The maximum absolute atomic E-state index is 5.92. The Bertz CT molecular complexity index is 831. The molecule has 0 aliphatic rings. The Balaban J connectivity index is 2.17. The van der Waals surface area contributed by atoms with Crippen LogP contribution >= 0.6 is 0 Å². The summed E-state index contributed by atoms with van der Waals surface area (Å²) in [5.74, 6) is 0. The van der Waals surface area contributed by atoms with Gasteiger partial charge in [-0.2, -0.15) is 5.10 Å². The van der Waals surface area contributed by atoms with Crippen LogP contribution in [-0.2, 0) is 0 Å². The highest BCUT2D eigenvalue weighted by atomic mass is 16.3. The van der Waals surface area contributed by atoms with Crippen LogP contribution in [-0.4, -0.2) is 14.8 Å². The summed E-state index contributed by atoms with van der Waals surface area (Å²) < 4.78 is 7.63. The molecule has 2 aromatic heterocycles. The minimum atomic E-state index is 0.837. The predicted octanol–water partition coefficient (Wildman–Crippen LogP) is 3.17. The fraction of sp³-hybridized carbons (Fsp3) is 0. The number of fused-ring (bicyclic) bond motifs is 3. The van der Waals surface area contributed by atoms with E-state index >= 15 is 0 Å². The smallest absolute Gasteiger partial charge is 0.161 e. The van der Waals surface area contributed by atoms with Crippen LogP contribution < -0.4 is 0 Å². The number of hydrogen-bond acceptors (Lipinski definition) is 3. The number of rotatable bonds is 1. The van der Waals surface area contributed by atoms with Crippen LogP contribution in [0.5, 0.6) is 0 Å². The molecule has 0 spiro atoms. The number of benzene rings is 2. The van der Waals surface area contributed by atoms with Gasteiger partial charge in [0.05, 0.1) is 0 Å². The minimum absolute atomic E-state index is 0.837. The van der Waals surface area contributed by atoms with Crippen molar-refractivity contribution in [3.05, 3.63) is 55.1 Å². The lowest BCUT2D eigenvalue weighted by molar-refractivity contribution is 0.662. The average molecular weight is 235 g/mol. The maximum atomic E-state index is 5.92. The topological polar surface area (TPSA) is 43.9 Å². The molecule has 0 amide bonds. The summed E-state index contributed by atoms with van der Waals surface area (Å²) in [5.41, 5.74) is 2.63. The second-order valence-electron chi connectivity index (χ2n) is 4.09. The van der Waals surface area contributed by atoms with Crippen molar-refractivity contribution in [2.24, 2.45) is 0 Å². The van der Waals surface area contributed by atoms with Gasteiger partial charge in [0, 0.05) is 10.8 Å². The van der Waals surface area contributed by atoms with Crippen molar-refractivity contribution in [1.29, 1.82) is 0 Å². The molecule has 18 heavy (non-hydrogen) atoms. The van der Waals surface area contributed by atoms with Crippen molar-refractivity contribution >= 4 is 21.9 Å². The molecular weight excluding hydrogens is 226 g/mol. The Labute approximate surface area is 102 Å². The van der Waals surface area contributed by atoms with E-state index < -0.39 is 0 Å². The number of para-hydroxylation sites is 2. The molecule has 0 unspecified atom stereocenters. The van der Waals surface area contributed by atoms with Crippen molar-refractivity contribution in [2.45, 2.75) is 0 Å². The highest BCUT2D eigenvalue weighted by molar-refractivity contribution is 6.07. The first kappa shape index (κ1) is 9.41. The van der Waals surface area contributed by atoms with Gasteiger partial charge in [0.15, 0.2) is 5.58 Å². The van der Waals surface area contributed by atoms with Gasteiger partial charge in [-0.25, -0.2) is 9.67 Å². The molecule has 0 saturated carbocycles. The number of nitrogens with zero attached hydrogens (tertiary/aromatic N) is 3. The lowest BCUT2D eigenvalue weighted by Crippen LogP contribution is -1.93. The Morgan fingerprint density at radius 1 is 0.944 bits per heavy atom. The monoisotopic (exact) mass is 235 g/mol. The Hall–Kier alpha value is -2.62. The first-order chi connectivity index (χ1) is 8.93. The zero-order valence-electron chi connectivity index (χ0n) is 9.45. The largest absolute Gasteiger partial charge is 0.454 e. The summed E-state index contributed by atoms with van der Waals surface area (Å²) >= 11 is 0. The molecule has 86 valence electrons. The highest BCUT2D eigenvalue weighted by Gasteiger charge is 2.11. The zero-order chi connectivity index (χ0) is 11.9. The van der Waals surface area contributed by atoms with Crippen LogP contribution in [0.25, 0.3) is 27.6 Å². The van der Waals surface area contributed by atoms with E-state index in [4.69, 9.17) is 4.42 Å². The van der Waals surface area contributed by atoms with E-state index in [9.17, 15) is 0 Å². The quantitative estimate of drug-likeness (QED) is 0.509. The minimum Gasteiger partial charge on any atom is -0.454 e. The van der Waals surface area contributed by atoms with E-state index in [1.54, 1.807) is 11.0 Å². The van der Waals surface area contributed by atoms with Crippen molar-refractivity contribution in [3.8, 4) is 5.69 Å². The molecule has 4 heteroatoms. The first-order valence-electron chi connectivity index (χ1n) is 5.69. The van der Waals surface area contributed by atoms with E-state index in [0.717, 1.165) is 27.6 Å².